The lowest BCUT2D eigenvalue weighted by Crippen LogP contribution is -2.67. The molecular weight excluding hydrogens is 280 g/mol. The van der Waals surface area contributed by atoms with Crippen molar-refractivity contribution in [2.24, 2.45) is 5.41 Å². The van der Waals surface area contributed by atoms with Gasteiger partial charge in [-0.1, -0.05) is 26.0 Å². The van der Waals surface area contributed by atoms with E-state index in [0.717, 1.165) is 18.5 Å². The molecule has 0 bridgehead atoms. The fourth-order valence-corrected chi connectivity index (χ4v) is 4.50. The minimum atomic E-state index is -0.0144. The molecule has 3 nitrogen and oxygen atoms in total. The number of ether oxygens (including phenoxy) is 1. The van der Waals surface area contributed by atoms with E-state index in [4.69, 9.17) is 9.72 Å². The van der Waals surface area contributed by atoms with Crippen LogP contribution in [0.1, 0.15) is 32.2 Å². The van der Waals surface area contributed by atoms with Crippen LogP contribution in [0, 0.1) is 5.41 Å². The van der Waals surface area contributed by atoms with Crippen molar-refractivity contribution < 1.29 is 4.74 Å². The van der Waals surface area contributed by atoms with E-state index in [1.54, 1.807) is 11.3 Å². The Morgan fingerprint density at radius 2 is 2.05 bits per heavy atom. The van der Waals surface area contributed by atoms with E-state index >= 15 is 0 Å². The molecule has 2 aromatic rings. The highest BCUT2D eigenvalue weighted by Crippen LogP contribution is 2.53. The molecule has 1 aliphatic carbocycles. The van der Waals surface area contributed by atoms with Crippen LogP contribution in [-0.2, 0) is 11.3 Å². The topological polar surface area (TPSA) is 25.4 Å². The van der Waals surface area contributed by atoms with Crippen molar-refractivity contribution in [3.05, 3.63) is 29.3 Å². The van der Waals surface area contributed by atoms with Crippen LogP contribution in [-0.4, -0.2) is 35.7 Å². The van der Waals surface area contributed by atoms with Crippen molar-refractivity contribution in [2.45, 2.75) is 45.4 Å². The zero-order valence-corrected chi connectivity index (χ0v) is 14.3. The molecular formula is C17H24N2OS. The molecule has 1 saturated carbocycles. The minimum Gasteiger partial charge on any atom is -0.378 e. The Morgan fingerprint density at radius 1 is 1.33 bits per heavy atom. The summed E-state index contributed by atoms with van der Waals surface area (Å²) >= 11 is 1.80. The molecule has 21 heavy (non-hydrogen) atoms. The maximum Gasteiger partial charge on any atom is 0.108 e. The first-order valence-electron chi connectivity index (χ1n) is 7.47. The van der Waals surface area contributed by atoms with Gasteiger partial charge in [-0.05, 0) is 32.5 Å². The summed E-state index contributed by atoms with van der Waals surface area (Å²) < 4.78 is 7.00. The monoisotopic (exact) mass is 304 g/mol. The number of rotatable bonds is 4. The van der Waals surface area contributed by atoms with E-state index in [-0.39, 0.29) is 11.0 Å². The quantitative estimate of drug-likeness (QED) is 0.855. The molecule has 0 aliphatic heterocycles. The van der Waals surface area contributed by atoms with Gasteiger partial charge in [0.25, 0.3) is 0 Å². The number of hydrogen-bond donors (Lipinski definition) is 0. The van der Waals surface area contributed by atoms with Crippen molar-refractivity contribution in [3.63, 3.8) is 0 Å². The number of para-hydroxylation sites is 1. The Balaban J connectivity index is 1.74. The van der Waals surface area contributed by atoms with Gasteiger partial charge >= 0.3 is 0 Å². The van der Waals surface area contributed by atoms with E-state index in [9.17, 15) is 0 Å². The highest BCUT2D eigenvalue weighted by atomic mass is 32.1. The van der Waals surface area contributed by atoms with E-state index in [2.05, 4.69) is 57.0 Å². The standard InChI is InChI=1S/C17H24N2OS/c1-16(2)14(10-17(16,3)20-5)19(4)11-15-18-12-8-6-7-9-13(12)21-15/h6-9,14H,10-11H2,1-5H3. The van der Waals surface area contributed by atoms with Crippen LogP contribution in [0.2, 0.25) is 0 Å². The summed E-state index contributed by atoms with van der Waals surface area (Å²) in [5, 5.41) is 1.19. The second-order valence-electron chi connectivity index (χ2n) is 6.87. The third-order valence-corrected chi connectivity index (χ3v) is 6.51. The Bertz CT molecular complexity index is 618. The van der Waals surface area contributed by atoms with Gasteiger partial charge in [0.1, 0.15) is 5.01 Å². The van der Waals surface area contributed by atoms with Crippen LogP contribution in [0.15, 0.2) is 24.3 Å². The zero-order chi connectivity index (χ0) is 15.3. The number of aromatic nitrogens is 1. The average molecular weight is 304 g/mol. The Hall–Kier alpha value is -0.970. The van der Waals surface area contributed by atoms with Gasteiger partial charge in [0.05, 0.1) is 22.4 Å². The minimum absolute atomic E-state index is 0.0144. The molecule has 0 amide bonds. The maximum atomic E-state index is 5.73. The molecule has 2 atom stereocenters. The van der Waals surface area contributed by atoms with Gasteiger partial charge in [-0.2, -0.15) is 0 Å². The second kappa shape index (κ2) is 5.04. The second-order valence-corrected chi connectivity index (χ2v) is 7.98. The van der Waals surface area contributed by atoms with Gasteiger partial charge in [-0.25, -0.2) is 4.98 Å². The van der Waals surface area contributed by atoms with E-state index in [1.165, 1.54) is 9.71 Å². The van der Waals surface area contributed by atoms with Crippen LogP contribution >= 0.6 is 11.3 Å². The Morgan fingerprint density at radius 3 is 2.67 bits per heavy atom. The maximum absolute atomic E-state index is 5.73. The van der Waals surface area contributed by atoms with E-state index in [1.807, 2.05) is 7.11 Å². The van der Waals surface area contributed by atoms with Crippen molar-refractivity contribution in [1.29, 1.82) is 0 Å². The van der Waals surface area contributed by atoms with Gasteiger partial charge in [-0.3, -0.25) is 4.90 Å². The van der Waals surface area contributed by atoms with Crippen molar-refractivity contribution in [1.82, 2.24) is 9.88 Å². The summed E-state index contributed by atoms with van der Waals surface area (Å²) in [6, 6.07) is 8.90. The lowest BCUT2D eigenvalue weighted by atomic mass is 9.55. The smallest absolute Gasteiger partial charge is 0.108 e. The summed E-state index contributed by atoms with van der Waals surface area (Å²) in [6.07, 6.45) is 1.08. The van der Waals surface area contributed by atoms with Gasteiger partial charge in [-0.15, -0.1) is 11.3 Å². The number of benzene rings is 1. The van der Waals surface area contributed by atoms with Crippen molar-refractivity contribution in [2.75, 3.05) is 14.2 Å². The largest absolute Gasteiger partial charge is 0.378 e. The molecule has 2 unspecified atom stereocenters. The number of methoxy groups -OCH3 is 1. The van der Waals surface area contributed by atoms with Gasteiger partial charge in [0, 0.05) is 18.6 Å². The predicted octanol–water partition coefficient (Wildman–Crippen LogP) is 3.93. The Kier molecular flexibility index (Phi) is 3.59. The van der Waals surface area contributed by atoms with E-state index < -0.39 is 0 Å². The molecule has 0 N–H and O–H groups in total. The van der Waals surface area contributed by atoms with Gasteiger partial charge in [0.2, 0.25) is 0 Å². The third kappa shape index (κ3) is 2.30. The first-order valence-corrected chi connectivity index (χ1v) is 8.29. The van der Waals surface area contributed by atoms with Crippen LogP contribution in [0.5, 0.6) is 0 Å². The lowest BCUT2D eigenvalue weighted by molar-refractivity contribution is -0.207. The lowest BCUT2D eigenvalue weighted by Gasteiger charge is -2.61. The molecule has 1 aromatic heterocycles. The summed E-state index contributed by atoms with van der Waals surface area (Å²) in [4.78, 5) is 7.17. The van der Waals surface area contributed by atoms with Crippen molar-refractivity contribution >= 4 is 21.6 Å². The van der Waals surface area contributed by atoms with E-state index in [0.29, 0.717) is 6.04 Å². The summed E-state index contributed by atoms with van der Waals surface area (Å²) in [5.41, 5.74) is 1.26. The summed E-state index contributed by atoms with van der Waals surface area (Å²) in [7, 11) is 4.03. The highest BCUT2D eigenvalue weighted by Gasteiger charge is 2.58. The average Bonchev–Trinajstić information content (AvgIpc) is 2.86. The molecule has 3 rings (SSSR count). The SMILES string of the molecule is COC1(C)CC(N(C)Cc2nc3ccccc3s2)C1(C)C. The molecule has 1 aromatic carbocycles. The van der Waals surface area contributed by atoms with Gasteiger partial charge < -0.3 is 4.74 Å². The fraction of sp³-hybridized carbons (Fsp3) is 0.588. The van der Waals surface area contributed by atoms with Crippen molar-refractivity contribution in [3.8, 4) is 0 Å². The first-order chi connectivity index (χ1) is 9.87. The fourth-order valence-electron chi connectivity index (χ4n) is 3.47. The molecule has 1 fully saturated rings. The highest BCUT2D eigenvalue weighted by molar-refractivity contribution is 7.18. The Labute approximate surface area is 130 Å². The van der Waals surface area contributed by atoms with Crippen LogP contribution < -0.4 is 0 Å². The summed E-state index contributed by atoms with van der Waals surface area (Å²) in [6.45, 7) is 7.74. The number of nitrogens with zero attached hydrogens (tertiary/aromatic N) is 2. The first kappa shape index (κ1) is 14.9. The number of fused-ring (bicyclic) bond motifs is 1. The molecule has 0 radical (unpaired) electrons. The molecule has 4 heteroatoms. The van der Waals surface area contributed by atoms with Crippen LogP contribution in [0.3, 0.4) is 0 Å². The summed E-state index contributed by atoms with van der Waals surface area (Å²) in [5.74, 6) is 0. The molecule has 0 spiro atoms. The normalized spacial score (nSPS) is 28.0. The number of hydrogen-bond acceptors (Lipinski definition) is 4. The predicted molar refractivity (Wildman–Crippen MR) is 88.7 cm³/mol. The van der Waals surface area contributed by atoms with Gasteiger partial charge in [0.15, 0.2) is 0 Å². The third-order valence-electron chi connectivity index (χ3n) is 5.48. The zero-order valence-electron chi connectivity index (χ0n) is 13.5. The van der Waals surface area contributed by atoms with Crippen LogP contribution in [0.4, 0.5) is 0 Å². The molecule has 114 valence electrons. The molecule has 1 aliphatic rings. The molecule has 1 heterocycles. The molecule has 0 saturated heterocycles. The van der Waals surface area contributed by atoms with Crippen LogP contribution in [0.25, 0.3) is 10.2 Å². The number of thiazole rings is 1.